The molecule has 0 heterocycles. The van der Waals surface area contributed by atoms with Gasteiger partial charge in [-0.05, 0) is 63.5 Å². The van der Waals surface area contributed by atoms with E-state index in [9.17, 15) is 0 Å². The van der Waals surface area contributed by atoms with E-state index < -0.39 is 0 Å². The summed E-state index contributed by atoms with van der Waals surface area (Å²) in [5.41, 5.74) is 2.83. The molecule has 0 fully saturated rings. The summed E-state index contributed by atoms with van der Waals surface area (Å²) in [4.78, 5) is 4.47. The SMILES string of the molecule is COc1cc(C=Nc2ccccc2)cc(Br)c1OCc1ccc(Cl)cc1. The van der Waals surface area contributed by atoms with Crippen molar-refractivity contribution in [3.05, 3.63) is 87.4 Å². The number of methoxy groups -OCH3 is 1. The number of hydrogen-bond donors (Lipinski definition) is 0. The van der Waals surface area contributed by atoms with Crippen LogP contribution in [0.1, 0.15) is 11.1 Å². The number of aliphatic imine (C=N–C) groups is 1. The maximum Gasteiger partial charge on any atom is 0.175 e. The molecule has 0 spiro atoms. The lowest BCUT2D eigenvalue weighted by atomic mass is 10.2. The average Bonchev–Trinajstić information content (AvgIpc) is 2.67. The zero-order chi connectivity index (χ0) is 18.4. The molecule has 3 rings (SSSR count). The van der Waals surface area contributed by atoms with E-state index in [2.05, 4.69) is 20.9 Å². The molecule has 3 nitrogen and oxygen atoms in total. The smallest absolute Gasteiger partial charge is 0.175 e. The Morgan fingerprint density at radius 2 is 1.77 bits per heavy atom. The zero-order valence-corrected chi connectivity index (χ0v) is 16.5. The van der Waals surface area contributed by atoms with Gasteiger partial charge in [0.05, 0.1) is 17.3 Å². The highest BCUT2D eigenvalue weighted by Gasteiger charge is 2.11. The predicted molar refractivity (Wildman–Crippen MR) is 110 cm³/mol. The Balaban J connectivity index is 1.78. The van der Waals surface area contributed by atoms with Crippen LogP contribution in [-0.4, -0.2) is 13.3 Å². The quantitative estimate of drug-likeness (QED) is 0.421. The van der Waals surface area contributed by atoms with Crippen LogP contribution in [0, 0.1) is 0 Å². The third-order valence-electron chi connectivity index (χ3n) is 3.67. The van der Waals surface area contributed by atoms with Gasteiger partial charge < -0.3 is 9.47 Å². The molecule has 0 aliphatic carbocycles. The highest BCUT2D eigenvalue weighted by Crippen LogP contribution is 2.37. The molecule has 0 unspecified atom stereocenters. The van der Waals surface area contributed by atoms with Crippen LogP contribution >= 0.6 is 27.5 Å². The van der Waals surface area contributed by atoms with E-state index in [0.29, 0.717) is 23.1 Å². The van der Waals surface area contributed by atoms with Crippen molar-refractivity contribution in [2.75, 3.05) is 7.11 Å². The van der Waals surface area contributed by atoms with Crippen molar-refractivity contribution in [2.45, 2.75) is 6.61 Å². The van der Waals surface area contributed by atoms with Crippen LogP contribution in [-0.2, 0) is 6.61 Å². The maximum atomic E-state index is 5.94. The van der Waals surface area contributed by atoms with Gasteiger partial charge in [0, 0.05) is 11.2 Å². The van der Waals surface area contributed by atoms with Crippen molar-refractivity contribution in [3.8, 4) is 11.5 Å². The Labute approximate surface area is 166 Å². The normalized spacial score (nSPS) is 10.9. The predicted octanol–water partition coefficient (Wildman–Crippen LogP) is 6.44. The molecule has 0 saturated heterocycles. The minimum atomic E-state index is 0.420. The van der Waals surface area contributed by atoms with E-state index in [1.165, 1.54) is 0 Å². The van der Waals surface area contributed by atoms with Gasteiger partial charge in [-0.1, -0.05) is 41.9 Å². The summed E-state index contributed by atoms with van der Waals surface area (Å²) in [6.07, 6.45) is 1.80. The first-order valence-electron chi connectivity index (χ1n) is 7.99. The molecule has 0 saturated carbocycles. The monoisotopic (exact) mass is 429 g/mol. The van der Waals surface area contributed by atoms with E-state index in [1.54, 1.807) is 13.3 Å². The van der Waals surface area contributed by atoms with Crippen molar-refractivity contribution >= 4 is 39.4 Å². The van der Waals surface area contributed by atoms with E-state index in [0.717, 1.165) is 21.3 Å². The summed E-state index contributed by atoms with van der Waals surface area (Å²) in [6, 6.07) is 21.2. The van der Waals surface area contributed by atoms with Gasteiger partial charge in [0.15, 0.2) is 11.5 Å². The van der Waals surface area contributed by atoms with Gasteiger partial charge in [0.2, 0.25) is 0 Å². The number of para-hydroxylation sites is 1. The summed E-state index contributed by atoms with van der Waals surface area (Å²) < 4.78 is 12.2. The lowest BCUT2D eigenvalue weighted by Crippen LogP contribution is -1.99. The van der Waals surface area contributed by atoms with Gasteiger partial charge in [0.1, 0.15) is 6.61 Å². The summed E-state index contributed by atoms with van der Waals surface area (Å²) in [5.74, 6) is 1.29. The summed E-state index contributed by atoms with van der Waals surface area (Å²) >= 11 is 9.47. The molecular weight excluding hydrogens is 414 g/mol. The Morgan fingerprint density at radius 1 is 1.04 bits per heavy atom. The van der Waals surface area contributed by atoms with Crippen molar-refractivity contribution in [3.63, 3.8) is 0 Å². The van der Waals surface area contributed by atoms with Crippen LogP contribution in [0.25, 0.3) is 0 Å². The Kier molecular flexibility index (Phi) is 6.31. The molecule has 3 aromatic carbocycles. The minimum Gasteiger partial charge on any atom is -0.493 e. The third-order valence-corrected chi connectivity index (χ3v) is 4.51. The molecule has 0 aromatic heterocycles. The first kappa shape index (κ1) is 18.5. The van der Waals surface area contributed by atoms with Crippen LogP contribution < -0.4 is 9.47 Å². The van der Waals surface area contributed by atoms with Crippen molar-refractivity contribution in [1.82, 2.24) is 0 Å². The number of ether oxygens (including phenoxy) is 2. The average molecular weight is 431 g/mol. The minimum absolute atomic E-state index is 0.420. The molecule has 0 N–H and O–H groups in total. The van der Waals surface area contributed by atoms with Gasteiger partial charge in [0.25, 0.3) is 0 Å². The topological polar surface area (TPSA) is 30.8 Å². The molecule has 0 bridgehead atoms. The van der Waals surface area contributed by atoms with E-state index >= 15 is 0 Å². The van der Waals surface area contributed by atoms with Crippen molar-refractivity contribution in [2.24, 2.45) is 4.99 Å². The number of nitrogens with zero attached hydrogens (tertiary/aromatic N) is 1. The van der Waals surface area contributed by atoms with Crippen LogP contribution in [0.2, 0.25) is 5.02 Å². The van der Waals surface area contributed by atoms with Gasteiger partial charge in [-0.25, -0.2) is 0 Å². The standard InChI is InChI=1S/C21H17BrClNO2/c1-25-20-12-16(13-24-18-5-3-2-4-6-18)11-19(22)21(20)26-14-15-7-9-17(23)10-8-15/h2-13H,14H2,1H3. The first-order valence-corrected chi connectivity index (χ1v) is 9.16. The highest BCUT2D eigenvalue weighted by molar-refractivity contribution is 9.10. The molecule has 0 aliphatic rings. The Morgan fingerprint density at radius 3 is 2.46 bits per heavy atom. The van der Waals surface area contributed by atoms with Crippen LogP contribution in [0.3, 0.4) is 0 Å². The second kappa shape index (κ2) is 8.88. The second-order valence-corrected chi connectivity index (χ2v) is 6.83. The van der Waals surface area contributed by atoms with Crippen molar-refractivity contribution < 1.29 is 9.47 Å². The van der Waals surface area contributed by atoms with Crippen molar-refractivity contribution in [1.29, 1.82) is 0 Å². The molecule has 0 aliphatic heterocycles. The third kappa shape index (κ3) is 4.87. The molecule has 26 heavy (non-hydrogen) atoms. The fourth-order valence-electron chi connectivity index (χ4n) is 2.35. The zero-order valence-electron chi connectivity index (χ0n) is 14.2. The molecule has 3 aromatic rings. The largest absolute Gasteiger partial charge is 0.493 e. The van der Waals surface area contributed by atoms with Gasteiger partial charge in [-0.2, -0.15) is 0 Å². The Bertz CT molecular complexity index is 896. The van der Waals surface area contributed by atoms with E-state index in [-0.39, 0.29) is 0 Å². The summed E-state index contributed by atoms with van der Waals surface area (Å²) in [5, 5.41) is 0.703. The number of rotatable bonds is 6. The van der Waals surface area contributed by atoms with Gasteiger partial charge in [-0.15, -0.1) is 0 Å². The lowest BCUT2D eigenvalue weighted by Gasteiger charge is -2.13. The Hall–Kier alpha value is -2.30. The molecular formula is C21H17BrClNO2. The molecule has 0 amide bonds. The molecule has 5 heteroatoms. The number of benzene rings is 3. The first-order chi connectivity index (χ1) is 12.7. The van der Waals surface area contributed by atoms with Gasteiger partial charge in [-0.3, -0.25) is 4.99 Å². The maximum absolute atomic E-state index is 5.94. The molecule has 132 valence electrons. The number of halogens is 2. The molecule has 0 atom stereocenters. The van der Waals surface area contributed by atoms with E-state index in [1.807, 2.05) is 66.7 Å². The van der Waals surface area contributed by atoms with Crippen LogP contribution in [0.5, 0.6) is 11.5 Å². The van der Waals surface area contributed by atoms with Crippen LogP contribution in [0.15, 0.2) is 76.2 Å². The van der Waals surface area contributed by atoms with Crippen LogP contribution in [0.4, 0.5) is 5.69 Å². The van der Waals surface area contributed by atoms with Gasteiger partial charge >= 0.3 is 0 Å². The summed E-state index contributed by atoms with van der Waals surface area (Å²) in [7, 11) is 1.62. The van der Waals surface area contributed by atoms with E-state index in [4.69, 9.17) is 21.1 Å². The molecule has 0 radical (unpaired) electrons. The second-order valence-electron chi connectivity index (χ2n) is 5.54. The fourth-order valence-corrected chi connectivity index (χ4v) is 3.05. The number of hydrogen-bond acceptors (Lipinski definition) is 3. The fraction of sp³-hybridized carbons (Fsp3) is 0.0952. The summed E-state index contributed by atoms with van der Waals surface area (Å²) in [6.45, 7) is 0.420. The highest BCUT2D eigenvalue weighted by atomic mass is 79.9. The lowest BCUT2D eigenvalue weighted by molar-refractivity contribution is 0.282.